The van der Waals surface area contributed by atoms with Crippen LogP contribution in [-0.4, -0.2) is 32.0 Å². The molecule has 0 atom stereocenters. The summed E-state index contributed by atoms with van der Waals surface area (Å²) >= 11 is 0. The summed E-state index contributed by atoms with van der Waals surface area (Å²) in [6.45, 7) is 2.70. The van der Waals surface area contributed by atoms with E-state index in [1.54, 1.807) is 7.11 Å². The van der Waals surface area contributed by atoms with Gasteiger partial charge in [-0.2, -0.15) is 0 Å². The van der Waals surface area contributed by atoms with Crippen LogP contribution < -0.4 is 0 Å². The second kappa shape index (κ2) is 8.30. The van der Waals surface area contributed by atoms with Crippen LogP contribution in [0.4, 0.5) is 0 Å². The number of rotatable bonds is 6. The van der Waals surface area contributed by atoms with Crippen LogP contribution in [0.3, 0.4) is 0 Å². The fraction of sp³-hybridized carbons (Fsp3) is 0.556. The zero-order valence-electron chi connectivity index (χ0n) is 7.62. The molecule has 0 heterocycles. The number of ether oxygens (including phenoxy) is 2. The van der Waals surface area contributed by atoms with E-state index in [0.29, 0.717) is 13.2 Å². The molecule has 0 aromatic rings. The van der Waals surface area contributed by atoms with E-state index < -0.39 is 0 Å². The van der Waals surface area contributed by atoms with Gasteiger partial charge in [-0.25, -0.2) is 0 Å². The van der Waals surface area contributed by atoms with E-state index in [0.717, 1.165) is 5.76 Å². The highest BCUT2D eigenvalue weighted by Gasteiger charge is 1.94. The van der Waals surface area contributed by atoms with Crippen molar-refractivity contribution in [3.8, 4) is 0 Å². The minimum absolute atomic E-state index is 0.0247. The van der Waals surface area contributed by atoms with E-state index in [2.05, 4.69) is 0 Å². The third kappa shape index (κ3) is 5.95. The highest BCUT2D eigenvalue weighted by atomic mass is 16.5. The molecule has 0 aliphatic rings. The summed E-state index contributed by atoms with van der Waals surface area (Å²) in [6, 6.07) is 0. The van der Waals surface area contributed by atoms with Gasteiger partial charge in [0.2, 0.25) is 0 Å². The predicted octanol–water partition coefficient (Wildman–Crippen LogP) is 1.10. The molecule has 0 aromatic heterocycles. The van der Waals surface area contributed by atoms with Gasteiger partial charge < -0.3 is 14.6 Å². The first-order valence-corrected chi connectivity index (χ1v) is 3.89. The Morgan fingerprint density at radius 2 is 2.25 bits per heavy atom. The van der Waals surface area contributed by atoms with E-state index in [1.165, 1.54) is 0 Å². The Kier molecular flexibility index (Phi) is 7.74. The fourth-order valence-electron chi connectivity index (χ4n) is 0.660. The quantitative estimate of drug-likeness (QED) is 0.481. The Morgan fingerprint density at radius 1 is 1.50 bits per heavy atom. The van der Waals surface area contributed by atoms with E-state index in [4.69, 9.17) is 14.6 Å². The Hall–Kier alpha value is -0.800. The molecule has 0 radical (unpaired) electrons. The van der Waals surface area contributed by atoms with Gasteiger partial charge in [-0.3, -0.25) is 0 Å². The monoisotopic (exact) mass is 172 g/mol. The lowest BCUT2D eigenvalue weighted by Crippen LogP contribution is -2.03. The van der Waals surface area contributed by atoms with Gasteiger partial charge in [-0.1, -0.05) is 12.2 Å². The second-order valence-corrected chi connectivity index (χ2v) is 2.16. The molecule has 0 aliphatic carbocycles. The Bertz CT molecular complexity index is 150. The van der Waals surface area contributed by atoms with Gasteiger partial charge in [0.25, 0.3) is 0 Å². The third-order valence-electron chi connectivity index (χ3n) is 1.14. The normalized spacial score (nSPS) is 12.4. The molecule has 0 rings (SSSR count). The van der Waals surface area contributed by atoms with Crippen molar-refractivity contribution < 1.29 is 14.6 Å². The van der Waals surface area contributed by atoms with Gasteiger partial charge in [-0.05, 0) is 13.0 Å². The van der Waals surface area contributed by atoms with Crippen LogP contribution >= 0.6 is 0 Å². The highest BCUT2D eigenvalue weighted by molar-refractivity contribution is 5.07. The highest BCUT2D eigenvalue weighted by Crippen LogP contribution is 1.97. The molecule has 0 aliphatic heterocycles. The average molecular weight is 172 g/mol. The van der Waals surface area contributed by atoms with Crippen LogP contribution in [0.25, 0.3) is 0 Å². The van der Waals surface area contributed by atoms with Gasteiger partial charge >= 0.3 is 0 Å². The summed E-state index contributed by atoms with van der Waals surface area (Å²) in [5, 5.41) is 8.50. The maximum atomic E-state index is 8.50. The summed E-state index contributed by atoms with van der Waals surface area (Å²) in [7, 11) is 1.60. The molecule has 0 aromatic carbocycles. The molecule has 0 amide bonds. The van der Waals surface area contributed by atoms with E-state index >= 15 is 0 Å². The number of allylic oxidation sites excluding steroid dienone is 3. The van der Waals surface area contributed by atoms with E-state index in [1.807, 2.05) is 25.2 Å². The van der Waals surface area contributed by atoms with Gasteiger partial charge in [-0.15, -0.1) is 0 Å². The fourth-order valence-corrected chi connectivity index (χ4v) is 0.660. The summed E-state index contributed by atoms with van der Waals surface area (Å²) < 4.78 is 10.1. The summed E-state index contributed by atoms with van der Waals surface area (Å²) in [6.07, 6.45) is 5.59. The largest absolute Gasteiger partial charge is 0.493 e. The topological polar surface area (TPSA) is 38.7 Å². The molecule has 0 spiro atoms. The van der Waals surface area contributed by atoms with Crippen molar-refractivity contribution in [1.29, 1.82) is 0 Å². The van der Waals surface area contributed by atoms with Crippen molar-refractivity contribution in [2.75, 3.05) is 26.9 Å². The minimum atomic E-state index is 0.0247. The molecule has 0 saturated heterocycles. The van der Waals surface area contributed by atoms with Crippen LogP contribution in [-0.2, 0) is 9.47 Å². The Labute approximate surface area is 73.3 Å². The average Bonchev–Trinajstić information content (AvgIpc) is 2.10. The van der Waals surface area contributed by atoms with Crippen LogP contribution in [0.1, 0.15) is 6.92 Å². The maximum Gasteiger partial charge on any atom is 0.122 e. The number of hydrogen-bond donors (Lipinski definition) is 1. The van der Waals surface area contributed by atoms with Crippen LogP contribution in [0.5, 0.6) is 0 Å². The molecule has 0 bridgehead atoms. The van der Waals surface area contributed by atoms with Crippen LogP contribution in [0, 0.1) is 0 Å². The van der Waals surface area contributed by atoms with Gasteiger partial charge in [0.15, 0.2) is 0 Å². The number of aliphatic hydroxyl groups excluding tert-OH is 1. The Balaban J connectivity index is 3.84. The lowest BCUT2D eigenvalue weighted by Gasteiger charge is -2.06. The number of hydrogen-bond acceptors (Lipinski definition) is 3. The van der Waals surface area contributed by atoms with Crippen molar-refractivity contribution in [3.05, 3.63) is 24.0 Å². The van der Waals surface area contributed by atoms with Crippen molar-refractivity contribution in [2.45, 2.75) is 6.92 Å². The third-order valence-corrected chi connectivity index (χ3v) is 1.14. The van der Waals surface area contributed by atoms with Gasteiger partial charge in [0.1, 0.15) is 19.0 Å². The maximum absolute atomic E-state index is 8.50. The first-order valence-electron chi connectivity index (χ1n) is 3.89. The molecule has 12 heavy (non-hydrogen) atoms. The van der Waals surface area contributed by atoms with Crippen molar-refractivity contribution >= 4 is 0 Å². The van der Waals surface area contributed by atoms with Gasteiger partial charge in [0.05, 0.1) is 6.61 Å². The number of methoxy groups -OCH3 is 1. The van der Waals surface area contributed by atoms with Crippen molar-refractivity contribution in [3.63, 3.8) is 0 Å². The molecule has 3 heteroatoms. The van der Waals surface area contributed by atoms with E-state index in [-0.39, 0.29) is 6.61 Å². The minimum Gasteiger partial charge on any atom is -0.493 e. The van der Waals surface area contributed by atoms with E-state index in [9.17, 15) is 0 Å². The first-order chi connectivity index (χ1) is 5.85. The smallest absolute Gasteiger partial charge is 0.122 e. The van der Waals surface area contributed by atoms with Crippen molar-refractivity contribution in [1.82, 2.24) is 0 Å². The molecule has 1 N–H and O–H groups in total. The summed E-state index contributed by atoms with van der Waals surface area (Å²) in [5.74, 6) is 0.727. The predicted molar refractivity (Wildman–Crippen MR) is 47.8 cm³/mol. The van der Waals surface area contributed by atoms with Crippen LogP contribution in [0.2, 0.25) is 0 Å². The summed E-state index contributed by atoms with van der Waals surface area (Å²) in [4.78, 5) is 0. The van der Waals surface area contributed by atoms with Gasteiger partial charge in [0, 0.05) is 7.11 Å². The standard InChI is InChI=1S/C9H16O3/c1-3-4-5-9(8-11-2)12-7-6-10/h3-5,10H,6-8H2,1-2H3/b4-3-,9-5+. The molecule has 0 saturated carbocycles. The molecular formula is C9H16O3. The SMILES string of the molecule is C/C=C\C=C(/COC)OCCO. The lowest BCUT2D eigenvalue weighted by molar-refractivity contribution is 0.103. The van der Waals surface area contributed by atoms with Crippen LogP contribution in [0.15, 0.2) is 24.0 Å². The first kappa shape index (κ1) is 11.2. The molecule has 0 unspecified atom stereocenters. The second-order valence-electron chi connectivity index (χ2n) is 2.16. The molecule has 3 nitrogen and oxygen atoms in total. The van der Waals surface area contributed by atoms with Crippen molar-refractivity contribution in [2.24, 2.45) is 0 Å². The summed E-state index contributed by atoms with van der Waals surface area (Å²) in [5.41, 5.74) is 0. The Morgan fingerprint density at radius 3 is 2.75 bits per heavy atom. The molecular weight excluding hydrogens is 156 g/mol. The molecule has 70 valence electrons. The number of aliphatic hydroxyl groups is 1. The lowest BCUT2D eigenvalue weighted by atomic mass is 10.4. The zero-order valence-corrected chi connectivity index (χ0v) is 7.62. The molecule has 0 fully saturated rings. The zero-order chi connectivity index (χ0) is 9.23.